The summed E-state index contributed by atoms with van der Waals surface area (Å²) in [6.07, 6.45) is 0.637. The summed E-state index contributed by atoms with van der Waals surface area (Å²) < 4.78 is 0. The topological polar surface area (TPSA) is 47.6 Å². The second-order valence-corrected chi connectivity index (χ2v) is 2.66. The summed E-state index contributed by atoms with van der Waals surface area (Å²) in [5.41, 5.74) is 5.19. The molecular weight excluding hydrogens is 144 g/mol. The molecular formula is C6H14N4O. The third-order valence-corrected chi connectivity index (χ3v) is 1.78. The van der Waals surface area contributed by atoms with Crippen molar-refractivity contribution in [3.8, 4) is 0 Å². The maximum Gasteiger partial charge on any atom is 0.222 e. The number of hydrogen-bond donors (Lipinski definition) is 2. The van der Waals surface area contributed by atoms with Gasteiger partial charge in [0.15, 0.2) is 0 Å². The van der Waals surface area contributed by atoms with Crippen LogP contribution in [-0.2, 0) is 4.79 Å². The van der Waals surface area contributed by atoms with Crippen LogP contribution >= 0.6 is 0 Å². The van der Waals surface area contributed by atoms with Crippen molar-refractivity contribution in [3.05, 3.63) is 0 Å². The lowest BCUT2D eigenvalue weighted by molar-refractivity contribution is -0.112. The maximum absolute atomic E-state index is 9.90. The predicted molar refractivity (Wildman–Crippen MR) is 41.4 cm³/mol. The SMILES string of the molecule is CN1CCN(NNC=O)CC1. The van der Waals surface area contributed by atoms with Crippen molar-refractivity contribution in [1.29, 1.82) is 0 Å². The van der Waals surface area contributed by atoms with Gasteiger partial charge in [0.25, 0.3) is 0 Å². The minimum absolute atomic E-state index is 0.637. The molecule has 1 saturated heterocycles. The van der Waals surface area contributed by atoms with Gasteiger partial charge in [-0.2, -0.15) is 5.53 Å². The normalized spacial score (nSPS) is 21.5. The summed E-state index contributed by atoms with van der Waals surface area (Å²) in [6.45, 7) is 3.95. The van der Waals surface area contributed by atoms with Crippen LogP contribution in [0, 0.1) is 0 Å². The van der Waals surface area contributed by atoms with Gasteiger partial charge in [0.1, 0.15) is 0 Å². The minimum atomic E-state index is 0.637. The van der Waals surface area contributed by atoms with Crippen LogP contribution in [0.4, 0.5) is 0 Å². The zero-order valence-corrected chi connectivity index (χ0v) is 6.71. The molecule has 1 fully saturated rings. The molecule has 0 atom stereocenters. The van der Waals surface area contributed by atoms with E-state index >= 15 is 0 Å². The molecule has 0 bridgehead atoms. The van der Waals surface area contributed by atoms with Crippen LogP contribution in [0.25, 0.3) is 0 Å². The Morgan fingerprint density at radius 3 is 2.45 bits per heavy atom. The third kappa shape index (κ3) is 2.83. The first-order valence-electron chi connectivity index (χ1n) is 3.71. The number of hydrazine groups is 2. The summed E-state index contributed by atoms with van der Waals surface area (Å²) in [6, 6.07) is 0. The molecule has 5 nitrogen and oxygen atoms in total. The van der Waals surface area contributed by atoms with Crippen LogP contribution in [0.1, 0.15) is 0 Å². The average molecular weight is 158 g/mol. The van der Waals surface area contributed by atoms with E-state index in [1.807, 2.05) is 5.01 Å². The Kier molecular flexibility index (Phi) is 3.28. The summed E-state index contributed by atoms with van der Waals surface area (Å²) >= 11 is 0. The van der Waals surface area contributed by atoms with Crippen molar-refractivity contribution < 1.29 is 4.79 Å². The molecule has 0 spiro atoms. The van der Waals surface area contributed by atoms with Gasteiger partial charge in [0, 0.05) is 26.2 Å². The Labute approximate surface area is 66.3 Å². The number of carbonyl (C=O) groups is 1. The van der Waals surface area contributed by atoms with Gasteiger partial charge in [-0.05, 0) is 7.05 Å². The van der Waals surface area contributed by atoms with Gasteiger partial charge in [-0.3, -0.25) is 10.2 Å². The van der Waals surface area contributed by atoms with Crippen LogP contribution in [0.3, 0.4) is 0 Å². The number of nitrogens with one attached hydrogen (secondary N) is 2. The Morgan fingerprint density at radius 1 is 1.27 bits per heavy atom. The number of amides is 1. The predicted octanol–water partition coefficient (Wildman–Crippen LogP) is -1.60. The first-order chi connectivity index (χ1) is 5.33. The summed E-state index contributed by atoms with van der Waals surface area (Å²) in [5, 5.41) is 1.98. The fourth-order valence-corrected chi connectivity index (χ4v) is 1.04. The van der Waals surface area contributed by atoms with Crippen LogP contribution in [0.5, 0.6) is 0 Å². The van der Waals surface area contributed by atoms with Gasteiger partial charge in [0.05, 0.1) is 0 Å². The van der Waals surface area contributed by atoms with E-state index in [4.69, 9.17) is 0 Å². The van der Waals surface area contributed by atoms with Crippen LogP contribution in [0.2, 0.25) is 0 Å². The highest BCUT2D eigenvalue weighted by molar-refractivity contribution is 5.44. The minimum Gasteiger partial charge on any atom is -0.304 e. The number of nitrogens with zero attached hydrogens (tertiary/aromatic N) is 2. The van der Waals surface area contributed by atoms with Crippen molar-refractivity contribution >= 4 is 6.41 Å². The monoisotopic (exact) mass is 158 g/mol. The molecule has 0 aromatic heterocycles. The van der Waals surface area contributed by atoms with Crippen molar-refractivity contribution in [2.45, 2.75) is 0 Å². The molecule has 1 rings (SSSR count). The van der Waals surface area contributed by atoms with Gasteiger partial charge in [-0.15, -0.1) is 0 Å². The van der Waals surface area contributed by atoms with E-state index in [0.717, 1.165) is 26.2 Å². The molecule has 0 saturated carbocycles. The smallest absolute Gasteiger partial charge is 0.222 e. The molecule has 0 unspecified atom stereocenters. The van der Waals surface area contributed by atoms with E-state index < -0.39 is 0 Å². The fraction of sp³-hybridized carbons (Fsp3) is 0.833. The molecule has 64 valence electrons. The van der Waals surface area contributed by atoms with Crippen LogP contribution < -0.4 is 11.0 Å². The number of rotatable bonds is 3. The molecule has 1 aliphatic heterocycles. The third-order valence-electron chi connectivity index (χ3n) is 1.78. The molecule has 0 aliphatic carbocycles. The largest absolute Gasteiger partial charge is 0.304 e. The molecule has 0 radical (unpaired) electrons. The van der Waals surface area contributed by atoms with Crippen LogP contribution in [0.15, 0.2) is 0 Å². The number of hydrogen-bond acceptors (Lipinski definition) is 4. The molecule has 1 amide bonds. The molecule has 1 aliphatic rings. The van der Waals surface area contributed by atoms with E-state index in [-0.39, 0.29) is 0 Å². The van der Waals surface area contributed by atoms with Gasteiger partial charge in [-0.1, -0.05) is 0 Å². The van der Waals surface area contributed by atoms with E-state index in [1.165, 1.54) is 0 Å². The lowest BCUT2D eigenvalue weighted by atomic mass is 10.4. The highest BCUT2D eigenvalue weighted by Gasteiger charge is 2.11. The highest BCUT2D eigenvalue weighted by Crippen LogP contribution is 1.93. The Morgan fingerprint density at radius 2 is 1.91 bits per heavy atom. The summed E-state index contributed by atoms with van der Waals surface area (Å²) in [5.74, 6) is 0. The summed E-state index contributed by atoms with van der Waals surface area (Å²) in [4.78, 5) is 12.2. The lowest BCUT2D eigenvalue weighted by Gasteiger charge is -2.31. The zero-order valence-electron chi connectivity index (χ0n) is 6.71. The first kappa shape index (κ1) is 8.45. The Balaban J connectivity index is 2.12. The number of piperazine rings is 1. The van der Waals surface area contributed by atoms with Crippen molar-refractivity contribution in [3.63, 3.8) is 0 Å². The number of carbonyl (C=O) groups excluding carboxylic acids is 1. The Bertz CT molecular complexity index is 122. The van der Waals surface area contributed by atoms with Gasteiger partial charge in [-0.25, -0.2) is 5.01 Å². The lowest BCUT2D eigenvalue weighted by Crippen LogP contribution is -2.54. The first-order valence-corrected chi connectivity index (χ1v) is 3.71. The average Bonchev–Trinajstić information content (AvgIpc) is 2.04. The second-order valence-electron chi connectivity index (χ2n) is 2.66. The van der Waals surface area contributed by atoms with Gasteiger partial charge in [0.2, 0.25) is 6.41 Å². The summed E-state index contributed by atoms with van der Waals surface area (Å²) in [7, 11) is 2.09. The maximum atomic E-state index is 9.90. The fourth-order valence-electron chi connectivity index (χ4n) is 1.04. The Hall–Kier alpha value is -0.650. The molecule has 1 heterocycles. The van der Waals surface area contributed by atoms with Crippen molar-refractivity contribution in [2.75, 3.05) is 33.2 Å². The van der Waals surface area contributed by atoms with Crippen molar-refractivity contribution in [2.24, 2.45) is 0 Å². The van der Waals surface area contributed by atoms with Crippen molar-refractivity contribution in [1.82, 2.24) is 20.9 Å². The van der Waals surface area contributed by atoms with E-state index in [9.17, 15) is 4.79 Å². The standard InChI is InChI=1S/C6H14N4O/c1-9-2-4-10(5-3-9)8-7-6-11/h6,8H,2-5H2,1H3,(H,7,11). The van der Waals surface area contributed by atoms with E-state index in [2.05, 4.69) is 22.9 Å². The van der Waals surface area contributed by atoms with E-state index in [0.29, 0.717) is 6.41 Å². The van der Waals surface area contributed by atoms with Gasteiger partial charge < -0.3 is 4.90 Å². The quantitative estimate of drug-likeness (QED) is 0.383. The molecule has 0 aromatic rings. The highest BCUT2D eigenvalue weighted by atomic mass is 16.1. The molecule has 11 heavy (non-hydrogen) atoms. The zero-order chi connectivity index (χ0) is 8.10. The van der Waals surface area contributed by atoms with Gasteiger partial charge >= 0.3 is 0 Å². The molecule has 5 heteroatoms. The van der Waals surface area contributed by atoms with Crippen LogP contribution in [-0.4, -0.2) is 49.5 Å². The number of likely N-dealkylation sites (N-methyl/N-ethyl adjacent to an activating group) is 1. The second kappa shape index (κ2) is 4.27. The molecule has 2 N–H and O–H groups in total. The molecule has 0 aromatic carbocycles. The van der Waals surface area contributed by atoms with E-state index in [1.54, 1.807) is 0 Å².